The molecule has 4 rings (SSSR count). The summed E-state index contributed by atoms with van der Waals surface area (Å²) in [7, 11) is 0. The quantitative estimate of drug-likeness (QED) is 0.642. The first-order valence-electron chi connectivity index (χ1n) is 9.11. The fraction of sp³-hybridized carbons (Fsp3) is 0.238. The molecule has 0 spiro atoms. The van der Waals surface area contributed by atoms with Crippen molar-refractivity contribution in [1.29, 1.82) is 0 Å². The van der Waals surface area contributed by atoms with Crippen molar-refractivity contribution in [3.05, 3.63) is 60.7 Å². The summed E-state index contributed by atoms with van der Waals surface area (Å²) in [4.78, 5) is 11.4. The van der Waals surface area contributed by atoms with Crippen LogP contribution in [-0.2, 0) is 4.74 Å². The van der Waals surface area contributed by atoms with Gasteiger partial charge in [-0.05, 0) is 12.1 Å². The van der Waals surface area contributed by atoms with E-state index in [2.05, 4.69) is 19.6 Å². The molecule has 1 aliphatic heterocycles. The van der Waals surface area contributed by atoms with Crippen LogP contribution in [0.25, 0.3) is 22.6 Å². The number of hydrogen-bond donors (Lipinski definition) is 0. The maximum atomic E-state index is 12.6. The Balaban J connectivity index is 1.77. The van der Waals surface area contributed by atoms with E-state index in [9.17, 15) is 13.2 Å². The van der Waals surface area contributed by atoms with Gasteiger partial charge in [0.2, 0.25) is 0 Å². The standard InChI is InChI=1S/C21H18F3N3O2/c22-21(23,24)29-17-8-4-7-16(13-17)18-14-19(27-9-11-28-12-10-27)26-20(25-18)15-5-2-1-3-6-15/h1-8,13-14H,9-12H2. The normalized spacial score (nSPS) is 14.7. The van der Waals surface area contributed by atoms with Crippen LogP contribution in [0.1, 0.15) is 0 Å². The van der Waals surface area contributed by atoms with Crippen molar-refractivity contribution < 1.29 is 22.6 Å². The van der Waals surface area contributed by atoms with E-state index < -0.39 is 6.36 Å². The van der Waals surface area contributed by atoms with E-state index in [4.69, 9.17) is 4.74 Å². The van der Waals surface area contributed by atoms with E-state index >= 15 is 0 Å². The summed E-state index contributed by atoms with van der Waals surface area (Å²) in [5, 5.41) is 0. The van der Waals surface area contributed by atoms with E-state index in [-0.39, 0.29) is 5.75 Å². The average molecular weight is 401 g/mol. The molecule has 0 bridgehead atoms. The third-order valence-corrected chi connectivity index (χ3v) is 4.44. The average Bonchev–Trinajstić information content (AvgIpc) is 2.74. The zero-order chi connectivity index (χ0) is 20.3. The van der Waals surface area contributed by atoms with Gasteiger partial charge in [0.1, 0.15) is 11.6 Å². The van der Waals surface area contributed by atoms with Crippen LogP contribution in [-0.4, -0.2) is 42.6 Å². The maximum Gasteiger partial charge on any atom is 0.573 e. The molecule has 5 nitrogen and oxygen atoms in total. The predicted molar refractivity (Wildman–Crippen MR) is 103 cm³/mol. The summed E-state index contributed by atoms with van der Waals surface area (Å²) < 4.78 is 47.3. The van der Waals surface area contributed by atoms with Gasteiger partial charge in [-0.15, -0.1) is 13.2 Å². The number of ether oxygens (including phenoxy) is 2. The topological polar surface area (TPSA) is 47.5 Å². The van der Waals surface area contributed by atoms with Gasteiger partial charge in [-0.3, -0.25) is 0 Å². The third-order valence-electron chi connectivity index (χ3n) is 4.44. The lowest BCUT2D eigenvalue weighted by atomic mass is 10.1. The number of nitrogens with zero attached hydrogens (tertiary/aromatic N) is 3. The van der Waals surface area contributed by atoms with Gasteiger partial charge in [0, 0.05) is 30.3 Å². The second-order valence-electron chi connectivity index (χ2n) is 6.48. The molecule has 0 saturated carbocycles. The minimum atomic E-state index is -4.75. The minimum Gasteiger partial charge on any atom is -0.406 e. The number of hydrogen-bond acceptors (Lipinski definition) is 5. The van der Waals surface area contributed by atoms with E-state index in [0.29, 0.717) is 49.2 Å². The molecule has 0 amide bonds. The van der Waals surface area contributed by atoms with E-state index in [1.807, 2.05) is 30.3 Å². The SMILES string of the molecule is FC(F)(F)Oc1cccc(-c2cc(N3CCOCC3)nc(-c3ccccc3)n2)c1. The van der Waals surface area contributed by atoms with Crippen LogP contribution in [0.3, 0.4) is 0 Å². The Bertz CT molecular complexity index is 974. The van der Waals surface area contributed by atoms with Crippen molar-refractivity contribution in [2.75, 3.05) is 31.2 Å². The zero-order valence-corrected chi connectivity index (χ0v) is 15.4. The molecule has 1 saturated heterocycles. The van der Waals surface area contributed by atoms with Crippen molar-refractivity contribution >= 4 is 5.82 Å². The van der Waals surface area contributed by atoms with Gasteiger partial charge in [-0.25, -0.2) is 9.97 Å². The first-order chi connectivity index (χ1) is 14.0. The van der Waals surface area contributed by atoms with E-state index in [0.717, 1.165) is 5.56 Å². The summed E-state index contributed by atoms with van der Waals surface area (Å²) in [6, 6.07) is 17.0. The fourth-order valence-corrected chi connectivity index (χ4v) is 3.11. The molecule has 2 heterocycles. The molecule has 0 atom stereocenters. The van der Waals surface area contributed by atoms with Crippen molar-refractivity contribution in [3.63, 3.8) is 0 Å². The molecule has 29 heavy (non-hydrogen) atoms. The van der Waals surface area contributed by atoms with Gasteiger partial charge in [-0.1, -0.05) is 42.5 Å². The first-order valence-corrected chi connectivity index (χ1v) is 9.11. The van der Waals surface area contributed by atoms with Crippen LogP contribution < -0.4 is 9.64 Å². The Hall–Kier alpha value is -3.13. The lowest BCUT2D eigenvalue weighted by Crippen LogP contribution is -2.36. The molecule has 2 aromatic carbocycles. The Kier molecular flexibility index (Phi) is 5.35. The Morgan fingerprint density at radius 3 is 2.31 bits per heavy atom. The highest BCUT2D eigenvalue weighted by atomic mass is 19.4. The summed E-state index contributed by atoms with van der Waals surface area (Å²) in [5.41, 5.74) is 1.86. The number of halogens is 3. The third kappa shape index (κ3) is 4.83. The van der Waals surface area contributed by atoms with Crippen molar-refractivity contribution in [3.8, 4) is 28.4 Å². The summed E-state index contributed by atoms with van der Waals surface area (Å²) in [5.74, 6) is 0.925. The molecule has 150 valence electrons. The molecule has 0 unspecified atom stereocenters. The molecule has 0 aliphatic carbocycles. The minimum absolute atomic E-state index is 0.289. The van der Waals surface area contributed by atoms with Crippen LogP contribution in [0.5, 0.6) is 5.75 Å². The predicted octanol–water partition coefficient (Wildman–Crippen LogP) is 4.55. The first kappa shape index (κ1) is 19.2. The van der Waals surface area contributed by atoms with Gasteiger partial charge in [0.05, 0.1) is 18.9 Å². The van der Waals surface area contributed by atoms with E-state index in [1.165, 1.54) is 18.2 Å². The molecule has 3 aromatic rings. The number of morpholine rings is 1. The lowest BCUT2D eigenvalue weighted by molar-refractivity contribution is -0.274. The van der Waals surface area contributed by atoms with Crippen molar-refractivity contribution in [1.82, 2.24) is 9.97 Å². The number of alkyl halides is 3. The monoisotopic (exact) mass is 401 g/mol. The molecule has 1 fully saturated rings. The van der Waals surface area contributed by atoms with Crippen LogP contribution >= 0.6 is 0 Å². The molecule has 1 aromatic heterocycles. The molecular formula is C21H18F3N3O2. The van der Waals surface area contributed by atoms with Gasteiger partial charge in [0.15, 0.2) is 5.82 Å². The van der Waals surface area contributed by atoms with Crippen molar-refractivity contribution in [2.45, 2.75) is 6.36 Å². The second-order valence-corrected chi connectivity index (χ2v) is 6.48. The van der Waals surface area contributed by atoms with Gasteiger partial charge < -0.3 is 14.4 Å². The fourth-order valence-electron chi connectivity index (χ4n) is 3.11. The molecule has 0 N–H and O–H groups in total. The molecule has 8 heteroatoms. The Morgan fingerprint density at radius 2 is 1.59 bits per heavy atom. The smallest absolute Gasteiger partial charge is 0.406 e. The van der Waals surface area contributed by atoms with Gasteiger partial charge >= 0.3 is 6.36 Å². The summed E-state index contributed by atoms with van der Waals surface area (Å²) in [6.45, 7) is 2.55. The van der Waals surface area contributed by atoms with Gasteiger partial charge in [0.25, 0.3) is 0 Å². The lowest BCUT2D eigenvalue weighted by Gasteiger charge is -2.28. The number of anilines is 1. The Morgan fingerprint density at radius 1 is 0.862 bits per heavy atom. The van der Waals surface area contributed by atoms with Crippen LogP contribution in [0.2, 0.25) is 0 Å². The molecule has 1 aliphatic rings. The largest absolute Gasteiger partial charge is 0.573 e. The van der Waals surface area contributed by atoms with Gasteiger partial charge in [-0.2, -0.15) is 0 Å². The van der Waals surface area contributed by atoms with Crippen LogP contribution in [0.15, 0.2) is 60.7 Å². The highest BCUT2D eigenvalue weighted by molar-refractivity contribution is 5.69. The number of aromatic nitrogens is 2. The van der Waals surface area contributed by atoms with E-state index in [1.54, 1.807) is 12.1 Å². The molecule has 0 radical (unpaired) electrons. The zero-order valence-electron chi connectivity index (χ0n) is 15.4. The number of benzene rings is 2. The van der Waals surface area contributed by atoms with Crippen molar-refractivity contribution in [2.24, 2.45) is 0 Å². The second kappa shape index (κ2) is 8.08. The van der Waals surface area contributed by atoms with Crippen LogP contribution in [0.4, 0.5) is 19.0 Å². The van der Waals surface area contributed by atoms with Crippen LogP contribution in [0, 0.1) is 0 Å². The highest BCUT2D eigenvalue weighted by Gasteiger charge is 2.31. The number of rotatable bonds is 4. The Labute approximate surface area is 165 Å². The summed E-state index contributed by atoms with van der Waals surface area (Å²) >= 11 is 0. The molecular weight excluding hydrogens is 383 g/mol. The summed E-state index contributed by atoms with van der Waals surface area (Å²) in [6.07, 6.45) is -4.75. The highest BCUT2D eigenvalue weighted by Crippen LogP contribution is 2.30. The maximum absolute atomic E-state index is 12.6.